The Morgan fingerprint density at radius 3 is 2.95 bits per heavy atom. The maximum absolute atomic E-state index is 13.3. The molecule has 0 amide bonds. The Kier molecular flexibility index (Phi) is 5.03. The Balaban J connectivity index is 2.00. The molecule has 1 saturated heterocycles. The van der Waals surface area contributed by atoms with Gasteiger partial charge >= 0.3 is 0 Å². The third-order valence-corrected chi connectivity index (χ3v) is 3.62. The van der Waals surface area contributed by atoms with E-state index in [2.05, 4.69) is 5.32 Å². The van der Waals surface area contributed by atoms with Crippen LogP contribution in [0.25, 0.3) is 0 Å². The second-order valence-electron chi connectivity index (χ2n) is 5.37. The molecule has 0 spiro atoms. The lowest BCUT2D eigenvalue weighted by atomic mass is 10.0. The third kappa shape index (κ3) is 3.98. The number of halogens is 1. The smallest absolute Gasteiger partial charge is 0.274 e. The first kappa shape index (κ1) is 14.9. The van der Waals surface area contributed by atoms with E-state index in [1.807, 2.05) is 11.9 Å². The second-order valence-corrected chi connectivity index (χ2v) is 5.37. The van der Waals surface area contributed by atoms with Crippen molar-refractivity contribution in [1.82, 2.24) is 10.2 Å². The fourth-order valence-corrected chi connectivity index (χ4v) is 2.67. The number of benzene rings is 1. The van der Waals surface area contributed by atoms with Gasteiger partial charge in [-0.2, -0.15) is 0 Å². The minimum atomic E-state index is -0.457. The number of rotatable bonds is 5. The molecular weight excluding hydrogens is 261 g/mol. The van der Waals surface area contributed by atoms with Gasteiger partial charge in [0.05, 0.1) is 4.92 Å². The van der Waals surface area contributed by atoms with Gasteiger partial charge in [0, 0.05) is 30.8 Å². The van der Waals surface area contributed by atoms with Crippen LogP contribution in [0.15, 0.2) is 18.2 Å². The molecule has 2 rings (SSSR count). The summed E-state index contributed by atoms with van der Waals surface area (Å²) in [6.45, 7) is 2.22. The lowest BCUT2D eigenvalue weighted by Gasteiger charge is -2.28. The van der Waals surface area contributed by atoms with Gasteiger partial charge in [0.2, 0.25) is 0 Å². The van der Waals surface area contributed by atoms with Crippen molar-refractivity contribution in [2.75, 3.05) is 20.1 Å². The molecule has 5 nitrogen and oxygen atoms in total. The molecule has 0 aliphatic carbocycles. The van der Waals surface area contributed by atoms with Crippen LogP contribution in [-0.2, 0) is 6.54 Å². The van der Waals surface area contributed by atoms with E-state index in [1.165, 1.54) is 25.0 Å². The van der Waals surface area contributed by atoms with Crippen LogP contribution in [-0.4, -0.2) is 36.0 Å². The van der Waals surface area contributed by atoms with Crippen molar-refractivity contribution in [2.45, 2.75) is 31.8 Å². The Labute approximate surface area is 117 Å². The highest BCUT2D eigenvalue weighted by atomic mass is 19.1. The molecule has 1 aromatic carbocycles. The number of nitrogens with one attached hydrogen (secondary N) is 1. The zero-order valence-corrected chi connectivity index (χ0v) is 11.6. The predicted octanol–water partition coefficient (Wildman–Crippen LogP) is 2.31. The van der Waals surface area contributed by atoms with Crippen molar-refractivity contribution in [2.24, 2.45) is 0 Å². The largest absolute Gasteiger partial charge is 0.313 e. The molecule has 6 heteroatoms. The van der Waals surface area contributed by atoms with Crippen molar-refractivity contribution in [3.63, 3.8) is 0 Å². The van der Waals surface area contributed by atoms with Crippen molar-refractivity contribution in [1.29, 1.82) is 0 Å². The van der Waals surface area contributed by atoms with E-state index in [9.17, 15) is 14.5 Å². The molecular formula is C14H20FN3O2. The summed E-state index contributed by atoms with van der Waals surface area (Å²) in [6, 6.07) is 4.03. The van der Waals surface area contributed by atoms with E-state index < -0.39 is 10.7 Å². The van der Waals surface area contributed by atoms with E-state index in [-0.39, 0.29) is 5.69 Å². The maximum atomic E-state index is 13.3. The molecule has 1 heterocycles. The first-order chi connectivity index (χ1) is 9.56. The average Bonchev–Trinajstić information content (AvgIpc) is 2.39. The number of nitrogens with zero attached hydrogens (tertiary/aromatic N) is 2. The fourth-order valence-electron chi connectivity index (χ4n) is 2.67. The van der Waals surface area contributed by atoms with Crippen LogP contribution in [0.1, 0.15) is 24.8 Å². The minimum absolute atomic E-state index is 0.0187. The lowest BCUT2D eigenvalue weighted by molar-refractivity contribution is -0.385. The molecule has 1 fully saturated rings. The highest BCUT2D eigenvalue weighted by Crippen LogP contribution is 2.21. The zero-order chi connectivity index (χ0) is 14.5. The molecule has 1 N–H and O–H groups in total. The second kappa shape index (κ2) is 6.76. The summed E-state index contributed by atoms with van der Waals surface area (Å²) in [5, 5.41) is 14.4. The first-order valence-corrected chi connectivity index (χ1v) is 6.91. The SMILES string of the molecule is CN(Cc1cc(F)ccc1[N+](=O)[O-])CC1CCCCN1. The molecule has 1 atom stereocenters. The van der Waals surface area contributed by atoms with Crippen molar-refractivity contribution < 1.29 is 9.31 Å². The van der Waals surface area contributed by atoms with Crippen molar-refractivity contribution in [3.05, 3.63) is 39.7 Å². The van der Waals surface area contributed by atoms with Gasteiger partial charge in [0.25, 0.3) is 5.69 Å². The Hall–Kier alpha value is -1.53. The first-order valence-electron chi connectivity index (χ1n) is 6.91. The fraction of sp³-hybridized carbons (Fsp3) is 0.571. The predicted molar refractivity (Wildman–Crippen MR) is 75.0 cm³/mol. The van der Waals surface area contributed by atoms with Gasteiger partial charge in [-0.05, 0) is 38.6 Å². The highest BCUT2D eigenvalue weighted by molar-refractivity contribution is 5.40. The quantitative estimate of drug-likeness (QED) is 0.664. The molecule has 110 valence electrons. The van der Waals surface area contributed by atoms with Crippen LogP contribution >= 0.6 is 0 Å². The summed E-state index contributed by atoms with van der Waals surface area (Å²) < 4.78 is 13.3. The van der Waals surface area contributed by atoms with E-state index in [4.69, 9.17) is 0 Å². The monoisotopic (exact) mass is 281 g/mol. The summed E-state index contributed by atoms with van der Waals surface area (Å²) in [6.07, 6.45) is 3.54. The summed E-state index contributed by atoms with van der Waals surface area (Å²) in [5.74, 6) is -0.435. The number of nitro benzene ring substituents is 1. The molecule has 1 aliphatic heterocycles. The molecule has 0 radical (unpaired) electrons. The van der Waals surface area contributed by atoms with Gasteiger partial charge in [0.1, 0.15) is 5.82 Å². The van der Waals surface area contributed by atoms with Gasteiger partial charge < -0.3 is 10.2 Å². The van der Waals surface area contributed by atoms with Crippen LogP contribution in [0.3, 0.4) is 0 Å². The normalized spacial score (nSPS) is 19.2. The summed E-state index contributed by atoms with van der Waals surface area (Å²) in [5.41, 5.74) is 0.406. The van der Waals surface area contributed by atoms with Gasteiger partial charge in [-0.3, -0.25) is 10.1 Å². The highest BCUT2D eigenvalue weighted by Gasteiger charge is 2.19. The average molecular weight is 281 g/mol. The van der Waals surface area contributed by atoms with Gasteiger partial charge in [0.15, 0.2) is 0 Å². The zero-order valence-electron chi connectivity index (χ0n) is 11.6. The standard InChI is InChI=1S/C14H20FN3O2/c1-17(10-13-4-2-3-7-16-13)9-11-8-12(15)5-6-14(11)18(19)20/h5-6,8,13,16H,2-4,7,9-10H2,1H3. The molecule has 1 unspecified atom stereocenters. The number of nitro groups is 1. The van der Waals surface area contributed by atoms with Crippen molar-refractivity contribution >= 4 is 5.69 Å². The lowest BCUT2D eigenvalue weighted by Crippen LogP contribution is -2.42. The van der Waals surface area contributed by atoms with Crippen LogP contribution < -0.4 is 5.32 Å². The summed E-state index contributed by atoms with van der Waals surface area (Å²) in [4.78, 5) is 12.5. The van der Waals surface area contributed by atoms with Crippen molar-refractivity contribution in [3.8, 4) is 0 Å². The van der Waals surface area contributed by atoms with Gasteiger partial charge in [-0.25, -0.2) is 4.39 Å². The van der Waals surface area contributed by atoms with Gasteiger partial charge in [-0.1, -0.05) is 6.42 Å². The summed E-state index contributed by atoms with van der Waals surface area (Å²) in [7, 11) is 1.91. The number of piperidine rings is 1. The Bertz CT molecular complexity index is 475. The molecule has 20 heavy (non-hydrogen) atoms. The molecule has 0 aromatic heterocycles. The molecule has 1 aromatic rings. The van der Waals surface area contributed by atoms with Crippen LogP contribution in [0.2, 0.25) is 0 Å². The maximum Gasteiger partial charge on any atom is 0.274 e. The van der Waals surface area contributed by atoms with Crippen LogP contribution in [0.4, 0.5) is 10.1 Å². The van der Waals surface area contributed by atoms with E-state index in [0.717, 1.165) is 25.6 Å². The van der Waals surface area contributed by atoms with E-state index in [0.29, 0.717) is 18.2 Å². The van der Waals surface area contributed by atoms with Crippen LogP contribution in [0, 0.1) is 15.9 Å². The molecule has 0 bridgehead atoms. The van der Waals surface area contributed by atoms with E-state index >= 15 is 0 Å². The van der Waals surface area contributed by atoms with E-state index in [1.54, 1.807) is 0 Å². The molecule has 0 saturated carbocycles. The third-order valence-electron chi connectivity index (χ3n) is 3.62. The van der Waals surface area contributed by atoms with Crippen LogP contribution in [0.5, 0.6) is 0 Å². The summed E-state index contributed by atoms with van der Waals surface area (Å²) >= 11 is 0. The Morgan fingerprint density at radius 1 is 1.50 bits per heavy atom. The minimum Gasteiger partial charge on any atom is -0.313 e. The number of likely N-dealkylation sites (N-methyl/N-ethyl adjacent to an activating group) is 1. The topological polar surface area (TPSA) is 58.4 Å². The number of hydrogen-bond donors (Lipinski definition) is 1. The Morgan fingerprint density at radius 2 is 2.30 bits per heavy atom. The number of hydrogen-bond acceptors (Lipinski definition) is 4. The van der Waals surface area contributed by atoms with Gasteiger partial charge in [-0.15, -0.1) is 0 Å². The molecule has 1 aliphatic rings.